The average molecular weight is 610 g/mol. The average Bonchev–Trinajstić information content (AvgIpc) is 3.29. The van der Waals surface area contributed by atoms with E-state index in [0.29, 0.717) is 49.4 Å². The number of esters is 1. The minimum Gasteiger partial charge on any atom is -0.490 e. The molecule has 0 saturated carbocycles. The number of sulfonamides is 1. The Kier molecular flexibility index (Phi) is 9.70. The van der Waals surface area contributed by atoms with Crippen molar-refractivity contribution in [2.45, 2.75) is 71.6 Å². The first kappa shape index (κ1) is 31.9. The summed E-state index contributed by atoms with van der Waals surface area (Å²) in [5.41, 5.74) is 2.73. The normalized spacial score (nSPS) is 17.4. The van der Waals surface area contributed by atoms with Crippen LogP contribution in [0.3, 0.4) is 0 Å². The van der Waals surface area contributed by atoms with Crippen LogP contribution in [0.5, 0.6) is 5.75 Å². The molecule has 43 heavy (non-hydrogen) atoms. The summed E-state index contributed by atoms with van der Waals surface area (Å²) >= 11 is 0. The van der Waals surface area contributed by atoms with E-state index in [1.807, 2.05) is 39.8 Å². The number of hydrogen-bond donors (Lipinski definition) is 0. The summed E-state index contributed by atoms with van der Waals surface area (Å²) in [6, 6.07) is 12.2. The van der Waals surface area contributed by atoms with Gasteiger partial charge in [0.25, 0.3) is 0 Å². The van der Waals surface area contributed by atoms with E-state index in [4.69, 9.17) is 14.2 Å². The molecule has 2 aromatic carbocycles. The summed E-state index contributed by atoms with van der Waals surface area (Å²) < 4.78 is 45.2. The molecule has 11 heteroatoms. The summed E-state index contributed by atoms with van der Waals surface area (Å²) in [5.74, 6) is -0.930. The molecular formula is C32H39N3O7S. The summed E-state index contributed by atoms with van der Waals surface area (Å²) in [5, 5.41) is 9.24. The molecule has 0 radical (unpaired) electrons. The van der Waals surface area contributed by atoms with Crippen molar-refractivity contribution in [1.82, 2.24) is 4.90 Å². The molecular weight excluding hydrogens is 570 g/mol. The van der Waals surface area contributed by atoms with Gasteiger partial charge in [-0.2, -0.15) is 5.26 Å². The van der Waals surface area contributed by atoms with E-state index in [0.717, 1.165) is 16.7 Å². The number of ether oxygens (including phenoxy) is 3. The summed E-state index contributed by atoms with van der Waals surface area (Å²) in [7, 11) is -4.08. The Hall–Kier alpha value is -4.04. The van der Waals surface area contributed by atoms with Crippen LogP contribution in [0.15, 0.2) is 42.5 Å². The van der Waals surface area contributed by atoms with Gasteiger partial charge in [-0.05, 0) is 82.0 Å². The van der Waals surface area contributed by atoms with Gasteiger partial charge in [0.2, 0.25) is 10.0 Å². The van der Waals surface area contributed by atoms with Crippen molar-refractivity contribution in [3.63, 3.8) is 0 Å². The highest BCUT2D eigenvalue weighted by Crippen LogP contribution is 2.40. The number of benzene rings is 2. The lowest BCUT2D eigenvalue weighted by Gasteiger charge is -2.33. The van der Waals surface area contributed by atoms with Gasteiger partial charge in [0, 0.05) is 25.9 Å². The Morgan fingerprint density at radius 3 is 2.51 bits per heavy atom. The van der Waals surface area contributed by atoms with Crippen molar-refractivity contribution in [2.75, 3.05) is 29.8 Å². The molecule has 0 bridgehead atoms. The molecule has 2 aromatic rings. The number of likely N-dealkylation sites (tertiary alicyclic amines) is 1. The SMILES string of the molecule is CCOC(=O)CS(=O)(=O)N1c2cc(C)c(OC3CCN(C(=O)OC(C)(C)C)CC3)cc2CC1/C=C/c1cccc(C#N)c1. The molecule has 2 aliphatic rings. The predicted molar refractivity (Wildman–Crippen MR) is 163 cm³/mol. The van der Waals surface area contributed by atoms with Crippen LogP contribution in [0.2, 0.25) is 0 Å². The van der Waals surface area contributed by atoms with E-state index < -0.39 is 33.4 Å². The maximum absolute atomic E-state index is 13.6. The van der Waals surface area contributed by atoms with Crippen LogP contribution in [-0.4, -0.2) is 68.6 Å². The van der Waals surface area contributed by atoms with Crippen LogP contribution in [0, 0.1) is 18.3 Å². The zero-order valence-electron chi connectivity index (χ0n) is 25.3. The second-order valence-corrected chi connectivity index (χ2v) is 13.6. The maximum Gasteiger partial charge on any atom is 0.410 e. The number of fused-ring (bicyclic) bond motifs is 1. The number of carbonyl (C=O) groups excluding carboxylic acids is 2. The zero-order valence-corrected chi connectivity index (χ0v) is 26.1. The molecule has 0 aromatic heterocycles. The molecule has 10 nitrogen and oxygen atoms in total. The topological polar surface area (TPSA) is 126 Å². The van der Waals surface area contributed by atoms with Gasteiger partial charge in [-0.25, -0.2) is 13.2 Å². The number of carbonyl (C=O) groups is 2. The van der Waals surface area contributed by atoms with Gasteiger partial charge in [-0.1, -0.05) is 24.3 Å². The number of hydrogen-bond acceptors (Lipinski definition) is 8. The smallest absolute Gasteiger partial charge is 0.410 e. The second kappa shape index (κ2) is 13.1. The van der Waals surface area contributed by atoms with Crippen LogP contribution >= 0.6 is 0 Å². The highest BCUT2D eigenvalue weighted by atomic mass is 32.2. The monoisotopic (exact) mass is 609 g/mol. The molecule has 2 aliphatic heterocycles. The third-order valence-electron chi connectivity index (χ3n) is 7.16. The first-order chi connectivity index (χ1) is 20.3. The lowest BCUT2D eigenvalue weighted by Crippen LogP contribution is -2.44. The molecule has 1 fully saturated rings. The predicted octanol–water partition coefficient (Wildman–Crippen LogP) is 4.98. The number of piperidine rings is 1. The highest BCUT2D eigenvalue weighted by Gasteiger charge is 2.39. The third-order valence-corrected chi connectivity index (χ3v) is 8.83. The van der Waals surface area contributed by atoms with Gasteiger partial charge in [-0.15, -0.1) is 0 Å². The minimum absolute atomic E-state index is 0.0833. The second-order valence-electron chi connectivity index (χ2n) is 11.8. The van der Waals surface area contributed by atoms with E-state index in [9.17, 15) is 23.3 Å². The van der Waals surface area contributed by atoms with Crippen LogP contribution < -0.4 is 9.04 Å². The largest absolute Gasteiger partial charge is 0.490 e. The summed E-state index contributed by atoms with van der Waals surface area (Å²) in [6.45, 7) is 10.1. The molecule has 1 amide bonds. The molecule has 4 rings (SSSR count). The third kappa shape index (κ3) is 8.08. The molecule has 1 atom stereocenters. The molecule has 1 unspecified atom stereocenters. The Morgan fingerprint density at radius 2 is 1.86 bits per heavy atom. The number of nitrogens with zero attached hydrogens (tertiary/aromatic N) is 3. The first-order valence-electron chi connectivity index (χ1n) is 14.4. The van der Waals surface area contributed by atoms with Crippen molar-refractivity contribution in [3.8, 4) is 11.8 Å². The van der Waals surface area contributed by atoms with E-state index in [2.05, 4.69) is 6.07 Å². The van der Waals surface area contributed by atoms with Gasteiger partial charge in [0.1, 0.15) is 17.5 Å². The standard InChI is InChI=1S/C32H39N3O7S/c1-6-40-30(36)21-43(38,39)35-26(11-10-23-8-7-9-24(17-23)20-33)18-25-19-29(22(2)16-28(25)35)41-27-12-14-34(15-13-27)31(37)42-32(3,4)5/h7-11,16-17,19,26-27H,6,12-15,18,21H2,1-5H3/b11-10+. The lowest BCUT2D eigenvalue weighted by atomic mass is 10.0. The summed E-state index contributed by atoms with van der Waals surface area (Å²) in [6.07, 6.45) is 4.78. The molecule has 0 aliphatic carbocycles. The first-order valence-corrected chi connectivity index (χ1v) is 16.0. The Balaban J connectivity index is 1.56. The van der Waals surface area contributed by atoms with Gasteiger partial charge in [0.05, 0.1) is 30.0 Å². The van der Waals surface area contributed by atoms with E-state index in [1.165, 1.54) is 4.31 Å². The van der Waals surface area contributed by atoms with Gasteiger partial charge >= 0.3 is 12.1 Å². The Labute approximate surface area is 253 Å². The fourth-order valence-electron chi connectivity index (χ4n) is 5.22. The van der Waals surface area contributed by atoms with Gasteiger partial charge < -0.3 is 19.1 Å². The molecule has 230 valence electrons. The quantitative estimate of drug-likeness (QED) is 0.384. The lowest BCUT2D eigenvalue weighted by molar-refractivity contribution is -0.139. The van der Waals surface area contributed by atoms with Crippen LogP contribution in [0.4, 0.5) is 10.5 Å². The molecule has 1 saturated heterocycles. The van der Waals surface area contributed by atoms with Crippen LogP contribution in [0.1, 0.15) is 62.8 Å². The molecule has 0 N–H and O–H groups in total. The number of anilines is 1. The van der Waals surface area contributed by atoms with Crippen molar-refractivity contribution in [1.29, 1.82) is 5.26 Å². The van der Waals surface area contributed by atoms with Crippen LogP contribution in [-0.2, 0) is 30.7 Å². The molecule has 0 spiro atoms. The number of aryl methyl sites for hydroxylation is 1. The van der Waals surface area contributed by atoms with E-state index in [-0.39, 0.29) is 18.8 Å². The van der Waals surface area contributed by atoms with E-state index in [1.54, 1.807) is 48.2 Å². The zero-order chi connectivity index (χ0) is 31.4. The number of rotatable bonds is 8. The fourth-order valence-corrected chi connectivity index (χ4v) is 6.76. The molecule has 2 heterocycles. The Morgan fingerprint density at radius 1 is 1.14 bits per heavy atom. The van der Waals surface area contributed by atoms with Crippen molar-refractivity contribution >= 4 is 33.8 Å². The fraction of sp³-hybridized carbons (Fsp3) is 0.469. The van der Waals surface area contributed by atoms with Crippen molar-refractivity contribution in [2.24, 2.45) is 0 Å². The van der Waals surface area contributed by atoms with Crippen molar-refractivity contribution < 1.29 is 32.2 Å². The van der Waals surface area contributed by atoms with E-state index >= 15 is 0 Å². The van der Waals surface area contributed by atoms with Gasteiger partial charge in [0.15, 0.2) is 5.75 Å². The Bertz CT molecular complexity index is 1530. The van der Waals surface area contributed by atoms with Gasteiger partial charge in [-0.3, -0.25) is 9.10 Å². The number of amides is 1. The number of nitriles is 1. The minimum atomic E-state index is -4.08. The van der Waals surface area contributed by atoms with Crippen LogP contribution in [0.25, 0.3) is 6.08 Å². The van der Waals surface area contributed by atoms with Crippen molar-refractivity contribution in [3.05, 3.63) is 64.7 Å². The maximum atomic E-state index is 13.6. The summed E-state index contributed by atoms with van der Waals surface area (Å²) in [4.78, 5) is 26.4. The highest BCUT2D eigenvalue weighted by molar-refractivity contribution is 7.93.